The van der Waals surface area contributed by atoms with Crippen LogP contribution >= 0.6 is 0 Å². The van der Waals surface area contributed by atoms with Crippen molar-refractivity contribution in [3.8, 4) is 17.2 Å². The third-order valence-corrected chi connectivity index (χ3v) is 5.09. The zero-order valence-electron chi connectivity index (χ0n) is 18.2. The van der Waals surface area contributed by atoms with Crippen LogP contribution in [0.2, 0.25) is 0 Å². The molecule has 1 unspecified atom stereocenters. The van der Waals surface area contributed by atoms with Gasteiger partial charge in [0.25, 0.3) is 5.91 Å². The summed E-state index contributed by atoms with van der Waals surface area (Å²) in [4.78, 5) is 36.5. The molecule has 0 aliphatic carbocycles. The zero-order chi connectivity index (χ0) is 24.1. The quantitative estimate of drug-likeness (QED) is 0.495. The predicted molar refractivity (Wildman–Crippen MR) is 123 cm³/mol. The number of ketones is 1. The largest absolute Gasteiger partial charge is 0.497 e. The fraction of sp³-hybridized carbons (Fsp3) is 0.115. The lowest BCUT2D eigenvalue weighted by Gasteiger charge is -2.15. The third kappa shape index (κ3) is 5.07. The number of carbonyl (C=O) groups excluding carboxylic acids is 2. The van der Waals surface area contributed by atoms with E-state index in [1.54, 1.807) is 67.8 Å². The number of hydrogen-bond donors (Lipinski definition) is 2. The first-order valence-corrected chi connectivity index (χ1v) is 10.4. The summed E-state index contributed by atoms with van der Waals surface area (Å²) < 4.78 is 16.4. The molecule has 1 atom stereocenters. The Morgan fingerprint density at radius 1 is 1.03 bits per heavy atom. The molecule has 34 heavy (non-hydrogen) atoms. The lowest BCUT2D eigenvalue weighted by molar-refractivity contribution is -0.142. The third-order valence-electron chi connectivity index (χ3n) is 5.09. The van der Waals surface area contributed by atoms with E-state index in [0.717, 1.165) is 5.56 Å². The molecule has 0 saturated heterocycles. The number of rotatable bonds is 8. The van der Waals surface area contributed by atoms with Crippen molar-refractivity contribution < 1.29 is 33.7 Å². The molecular weight excluding hydrogens is 438 g/mol. The van der Waals surface area contributed by atoms with E-state index >= 15 is 0 Å². The van der Waals surface area contributed by atoms with Crippen molar-refractivity contribution in [3.05, 3.63) is 95.2 Å². The monoisotopic (exact) mass is 459 g/mol. The van der Waals surface area contributed by atoms with E-state index in [-0.39, 0.29) is 11.5 Å². The average molecular weight is 459 g/mol. The molecule has 0 radical (unpaired) electrons. The molecule has 8 nitrogen and oxygen atoms in total. The molecule has 3 aromatic rings. The Morgan fingerprint density at radius 3 is 2.56 bits per heavy atom. The van der Waals surface area contributed by atoms with Crippen molar-refractivity contribution >= 4 is 23.7 Å². The number of fused-ring (bicyclic) bond motifs is 1. The summed E-state index contributed by atoms with van der Waals surface area (Å²) in [5.41, 5.74) is 1.57. The van der Waals surface area contributed by atoms with E-state index in [1.165, 1.54) is 6.07 Å². The van der Waals surface area contributed by atoms with E-state index in [0.29, 0.717) is 28.4 Å². The Bertz CT molecular complexity index is 1270. The number of ether oxygens (including phenoxy) is 3. The lowest BCUT2D eigenvalue weighted by Crippen LogP contribution is -2.36. The topological polar surface area (TPSA) is 111 Å². The van der Waals surface area contributed by atoms with Crippen LogP contribution in [0.25, 0.3) is 6.08 Å². The number of methoxy groups -OCH3 is 1. The van der Waals surface area contributed by atoms with Crippen LogP contribution in [0.1, 0.15) is 27.5 Å². The molecule has 0 fully saturated rings. The lowest BCUT2D eigenvalue weighted by atomic mass is 10.1. The van der Waals surface area contributed by atoms with Gasteiger partial charge in [-0.3, -0.25) is 9.59 Å². The summed E-state index contributed by atoms with van der Waals surface area (Å²) >= 11 is 0. The van der Waals surface area contributed by atoms with Crippen LogP contribution in [0.15, 0.2) is 78.6 Å². The number of hydrogen-bond acceptors (Lipinski definition) is 6. The van der Waals surface area contributed by atoms with Gasteiger partial charge in [-0.15, -0.1) is 0 Å². The smallest absolute Gasteiger partial charge is 0.330 e. The highest BCUT2D eigenvalue weighted by atomic mass is 16.5. The summed E-state index contributed by atoms with van der Waals surface area (Å²) in [6.07, 6.45) is 1.62. The second-order valence-corrected chi connectivity index (χ2v) is 7.41. The number of Topliss-reactive ketones (excluding diaryl/α,β-unsaturated/α-hetero) is 1. The first-order chi connectivity index (χ1) is 16.4. The molecule has 3 aromatic carbocycles. The van der Waals surface area contributed by atoms with Crippen molar-refractivity contribution in [2.45, 2.75) is 6.04 Å². The van der Waals surface area contributed by atoms with E-state index in [2.05, 4.69) is 5.32 Å². The average Bonchev–Trinajstić information content (AvgIpc) is 3.16. The van der Waals surface area contributed by atoms with E-state index in [9.17, 15) is 19.5 Å². The van der Waals surface area contributed by atoms with Crippen LogP contribution in [-0.2, 0) is 9.59 Å². The number of nitrogens with one attached hydrogen (secondary N) is 1. The number of carboxylic acids is 1. The molecule has 0 aromatic heterocycles. The molecule has 1 amide bonds. The Labute approximate surface area is 195 Å². The summed E-state index contributed by atoms with van der Waals surface area (Å²) in [6, 6.07) is 19.0. The highest BCUT2D eigenvalue weighted by molar-refractivity contribution is 6.14. The Hall–Kier alpha value is -4.59. The van der Waals surface area contributed by atoms with Gasteiger partial charge in [-0.25, -0.2) is 4.79 Å². The number of amides is 1. The minimum absolute atomic E-state index is 0.158. The van der Waals surface area contributed by atoms with Crippen LogP contribution in [0.4, 0.5) is 0 Å². The number of carboxylic acid groups (broad SMARTS) is 1. The SMILES string of the molecule is COc1cccc(C=C2Oc3cc(OCC(=O)NC(C(=O)O)c4ccccc4)ccc3C2=O)c1. The standard InChI is InChI=1S/C26H21NO7/c1-32-18-9-5-6-16(12-18)13-22-25(29)20-11-10-19(14-21(20)34-22)33-15-23(28)27-24(26(30)31)17-7-3-2-4-8-17/h2-14,24H,15H2,1H3,(H,27,28)(H,30,31). The van der Waals surface area contributed by atoms with Gasteiger partial charge in [0.15, 0.2) is 18.4 Å². The van der Waals surface area contributed by atoms with Crippen molar-refractivity contribution in [1.29, 1.82) is 0 Å². The summed E-state index contributed by atoms with van der Waals surface area (Å²) in [5, 5.41) is 11.9. The van der Waals surface area contributed by atoms with E-state index in [1.807, 2.05) is 12.1 Å². The Morgan fingerprint density at radius 2 is 1.82 bits per heavy atom. The summed E-state index contributed by atoms with van der Waals surface area (Å²) in [7, 11) is 1.56. The van der Waals surface area contributed by atoms with Gasteiger partial charge in [0.2, 0.25) is 5.78 Å². The van der Waals surface area contributed by atoms with Gasteiger partial charge in [0.05, 0.1) is 12.7 Å². The maximum atomic E-state index is 12.7. The molecule has 0 spiro atoms. The fourth-order valence-electron chi connectivity index (χ4n) is 3.42. The molecule has 172 valence electrons. The minimum Gasteiger partial charge on any atom is -0.497 e. The first kappa shape index (κ1) is 22.6. The van der Waals surface area contributed by atoms with Crippen LogP contribution < -0.4 is 19.5 Å². The molecule has 1 heterocycles. The van der Waals surface area contributed by atoms with Crippen molar-refractivity contribution in [2.24, 2.45) is 0 Å². The van der Waals surface area contributed by atoms with E-state index < -0.39 is 24.5 Å². The number of allylic oxidation sites excluding steroid dienone is 1. The van der Waals surface area contributed by atoms with Crippen molar-refractivity contribution in [1.82, 2.24) is 5.32 Å². The second kappa shape index (κ2) is 9.91. The van der Waals surface area contributed by atoms with Gasteiger partial charge in [-0.05, 0) is 41.5 Å². The van der Waals surface area contributed by atoms with Gasteiger partial charge in [-0.1, -0.05) is 42.5 Å². The Kier molecular flexibility index (Phi) is 6.59. The summed E-state index contributed by atoms with van der Waals surface area (Å²) in [6.45, 7) is -0.407. The Balaban J connectivity index is 1.41. The minimum atomic E-state index is -1.19. The van der Waals surface area contributed by atoms with Crippen LogP contribution in [0.3, 0.4) is 0 Å². The van der Waals surface area contributed by atoms with Gasteiger partial charge in [-0.2, -0.15) is 0 Å². The van der Waals surface area contributed by atoms with Crippen LogP contribution in [-0.4, -0.2) is 36.5 Å². The van der Waals surface area contributed by atoms with Gasteiger partial charge in [0.1, 0.15) is 17.2 Å². The predicted octanol–water partition coefficient (Wildman–Crippen LogP) is 3.63. The van der Waals surface area contributed by atoms with Crippen molar-refractivity contribution in [3.63, 3.8) is 0 Å². The van der Waals surface area contributed by atoms with Gasteiger partial charge >= 0.3 is 5.97 Å². The van der Waals surface area contributed by atoms with E-state index in [4.69, 9.17) is 14.2 Å². The highest BCUT2D eigenvalue weighted by Crippen LogP contribution is 2.35. The number of aliphatic carboxylic acids is 1. The highest BCUT2D eigenvalue weighted by Gasteiger charge is 2.28. The number of benzene rings is 3. The molecular formula is C26H21NO7. The molecule has 0 saturated carbocycles. The number of carbonyl (C=O) groups is 3. The van der Waals surface area contributed by atoms with Crippen molar-refractivity contribution in [2.75, 3.05) is 13.7 Å². The maximum Gasteiger partial charge on any atom is 0.330 e. The molecule has 1 aliphatic rings. The molecule has 8 heteroatoms. The molecule has 4 rings (SSSR count). The van der Waals surface area contributed by atoms with Crippen LogP contribution in [0, 0.1) is 0 Å². The van der Waals surface area contributed by atoms with Crippen LogP contribution in [0.5, 0.6) is 17.2 Å². The van der Waals surface area contributed by atoms with Gasteiger partial charge in [0, 0.05) is 6.07 Å². The normalized spacial score (nSPS) is 14.1. The zero-order valence-corrected chi connectivity index (χ0v) is 18.2. The van der Waals surface area contributed by atoms with Gasteiger partial charge < -0.3 is 24.6 Å². The maximum absolute atomic E-state index is 12.7. The molecule has 2 N–H and O–H groups in total. The first-order valence-electron chi connectivity index (χ1n) is 10.4. The molecule has 0 bridgehead atoms. The fourth-order valence-corrected chi connectivity index (χ4v) is 3.42. The summed E-state index contributed by atoms with van der Waals surface area (Å²) in [5.74, 6) is -0.629. The second-order valence-electron chi connectivity index (χ2n) is 7.41. The molecule has 1 aliphatic heterocycles.